The summed E-state index contributed by atoms with van der Waals surface area (Å²) < 4.78 is 58.8. The summed E-state index contributed by atoms with van der Waals surface area (Å²) in [5, 5.41) is 2.83. The second-order valence-electron chi connectivity index (χ2n) is 10.5. The first-order valence-corrected chi connectivity index (χ1v) is 15.0. The van der Waals surface area contributed by atoms with Crippen molar-refractivity contribution in [1.82, 2.24) is 4.90 Å². The Labute approximate surface area is 237 Å². The molecule has 3 rings (SSSR count). The number of halogens is 1. The lowest BCUT2D eigenvalue weighted by atomic mass is 9.96. The molecule has 1 aliphatic rings. The second kappa shape index (κ2) is 12.6. The molecule has 220 valence electrons. The molecule has 0 radical (unpaired) electrons. The standard InChI is InChI=1S/C27H37FN3O7PS/c1-6-36-22-17-19(29-24(32)18-12-14-31(15-13-18)25(33)38-26(2,3)4)10-11-23(22)40(34,35)30-20-8-7-9-21(16-20)37-27(5,28)39/h7-11,16-18,30H,6,12-15,39H2,1-5H3,(H,29,32). The van der Waals surface area contributed by atoms with Crippen molar-refractivity contribution in [3.05, 3.63) is 42.5 Å². The molecule has 1 aliphatic heterocycles. The highest BCUT2D eigenvalue weighted by Gasteiger charge is 2.30. The predicted molar refractivity (Wildman–Crippen MR) is 154 cm³/mol. The maximum Gasteiger partial charge on any atom is 0.410 e. The molecule has 0 aromatic heterocycles. The molecule has 40 heavy (non-hydrogen) atoms. The lowest BCUT2D eigenvalue weighted by molar-refractivity contribution is -0.121. The van der Waals surface area contributed by atoms with Crippen molar-refractivity contribution in [1.29, 1.82) is 0 Å². The number of nitrogens with zero attached hydrogens (tertiary/aromatic N) is 1. The van der Waals surface area contributed by atoms with Crippen LogP contribution in [0, 0.1) is 5.92 Å². The summed E-state index contributed by atoms with van der Waals surface area (Å²) in [5.41, 5.74) is -2.07. The van der Waals surface area contributed by atoms with E-state index in [1.165, 1.54) is 49.4 Å². The van der Waals surface area contributed by atoms with Gasteiger partial charge in [0.2, 0.25) is 5.91 Å². The number of hydrogen-bond donors (Lipinski definition) is 2. The number of carbonyl (C=O) groups is 2. The van der Waals surface area contributed by atoms with Crippen LogP contribution in [0.2, 0.25) is 0 Å². The Morgan fingerprint density at radius 2 is 1.75 bits per heavy atom. The molecule has 2 N–H and O–H groups in total. The minimum absolute atomic E-state index is 0.0567. The molecule has 2 amide bonds. The Balaban J connectivity index is 1.69. The van der Waals surface area contributed by atoms with Gasteiger partial charge in [-0.2, -0.15) is 4.39 Å². The molecule has 2 aromatic rings. The van der Waals surface area contributed by atoms with Gasteiger partial charge in [-0.25, -0.2) is 13.2 Å². The number of sulfonamides is 1. The van der Waals surface area contributed by atoms with E-state index in [-0.39, 0.29) is 40.5 Å². The average Bonchev–Trinajstić information content (AvgIpc) is 2.82. The summed E-state index contributed by atoms with van der Waals surface area (Å²) in [6.45, 7) is 9.30. The van der Waals surface area contributed by atoms with Crippen LogP contribution in [0.5, 0.6) is 11.5 Å². The van der Waals surface area contributed by atoms with Gasteiger partial charge in [-0.15, -0.1) is 0 Å². The van der Waals surface area contributed by atoms with Crippen molar-refractivity contribution in [3.63, 3.8) is 0 Å². The van der Waals surface area contributed by atoms with Crippen LogP contribution in [0.1, 0.15) is 47.5 Å². The highest BCUT2D eigenvalue weighted by atomic mass is 32.2. The number of alkyl halides is 1. The largest absolute Gasteiger partial charge is 0.492 e. The highest BCUT2D eigenvalue weighted by Crippen LogP contribution is 2.32. The number of benzene rings is 2. The van der Waals surface area contributed by atoms with Gasteiger partial charge in [-0.05, 0) is 64.8 Å². The van der Waals surface area contributed by atoms with Gasteiger partial charge in [0.05, 0.1) is 12.3 Å². The van der Waals surface area contributed by atoms with Crippen LogP contribution in [-0.4, -0.2) is 56.2 Å². The van der Waals surface area contributed by atoms with E-state index in [0.717, 1.165) is 0 Å². The third kappa shape index (κ3) is 9.23. The highest BCUT2D eigenvalue weighted by molar-refractivity contribution is 7.92. The fourth-order valence-electron chi connectivity index (χ4n) is 4.03. The van der Waals surface area contributed by atoms with Crippen LogP contribution in [-0.2, 0) is 19.6 Å². The average molecular weight is 598 g/mol. The molecule has 13 heteroatoms. The molecule has 2 aromatic carbocycles. The molecule has 0 aliphatic carbocycles. The number of ether oxygens (including phenoxy) is 3. The fraction of sp³-hybridized carbons (Fsp3) is 0.481. The Kier molecular flexibility index (Phi) is 9.89. The molecule has 2 atom stereocenters. The minimum Gasteiger partial charge on any atom is -0.492 e. The van der Waals surface area contributed by atoms with E-state index >= 15 is 0 Å². The van der Waals surface area contributed by atoms with Gasteiger partial charge in [0.1, 0.15) is 22.0 Å². The second-order valence-corrected chi connectivity index (χ2v) is 13.2. The third-order valence-corrected chi connectivity index (χ3v) is 7.26. The zero-order valence-corrected chi connectivity index (χ0v) is 25.3. The quantitative estimate of drug-likeness (QED) is 0.373. The Morgan fingerprint density at radius 1 is 1.07 bits per heavy atom. The van der Waals surface area contributed by atoms with Gasteiger partial charge >= 0.3 is 6.09 Å². The van der Waals surface area contributed by atoms with Gasteiger partial charge in [0.15, 0.2) is 0 Å². The van der Waals surface area contributed by atoms with Gasteiger partial charge in [-0.1, -0.05) is 15.3 Å². The molecule has 0 bridgehead atoms. The van der Waals surface area contributed by atoms with Crippen molar-refractivity contribution >= 4 is 42.6 Å². The Bertz CT molecular complexity index is 1320. The van der Waals surface area contributed by atoms with E-state index in [9.17, 15) is 22.4 Å². The Hall–Kier alpha value is -3.11. The summed E-state index contributed by atoms with van der Waals surface area (Å²) in [6.07, 6.45) is 0.546. The van der Waals surface area contributed by atoms with Gasteiger partial charge in [-0.3, -0.25) is 9.52 Å². The first-order valence-electron chi connectivity index (χ1n) is 12.9. The first kappa shape index (κ1) is 31.4. The molecular weight excluding hydrogens is 560 g/mol. The molecule has 1 saturated heterocycles. The first-order chi connectivity index (χ1) is 18.6. The van der Waals surface area contributed by atoms with Crippen molar-refractivity contribution in [3.8, 4) is 11.5 Å². The molecule has 1 fully saturated rings. The van der Waals surface area contributed by atoms with E-state index in [1.807, 2.05) is 9.24 Å². The van der Waals surface area contributed by atoms with E-state index < -0.39 is 27.3 Å². The SMILES string of the molecule is CCOc1cc(NC(=O)C2CCN(C(=O)OC(C)(C)C)CC2)ccc1S(=O)(=O)Nc1cccc(OC(C)(F)P)c1. The third-order valence-electron chi connectivity index (χ3n) is 5.72. The summed E-state index contributed by atoms with van der Waals surface area (Å²) in [5.74, 6) is -0.353. The molecule has 1 heterocycles. The summed E-state index contributed by atoms with van der Waals surface area (Å²) in [4.78, 5) is 26.7. The summed E-state index contributed by atoms with van der Waals surface area (Å²) in [6, 6.07) is 10.2. The van der Waals surface area contributed by atoms with Crippen LogP contribution < -0.4 is 19.5 Å². The zero-order chi connectivity index (χ0) is 29.7. The van der Waals surface area contributed by atoms with E-state index in [1.54, 1.807) is 32.6 Å². The number of hydrogen-bond acceptors (Lipinski definition) is 7. The molecule has 0 saturated carbocycles. The fourth-order valence-corrected chi connectivity index (χ4v) is 5.35. The van der Waals surface area contributed by atoms with Gasteiger partial charge < -0.3 is 24.4 Å². The lowest BCUT2D eigenvalue weighted by Crippen LogP contribution is -2.43. The maximum absolute atomic E-state index is 13.8. The van der Waals surface area contributed by atoms with Crippen molar-refractivity contribution in [2.24, 2.45) is 5.92 Å². The number of amides is 2. The van der Waals surface area contributed by atoms with Crippen LogP contribution in [0.15, 0.2) is 47.4 Å². The van der Waals surface area contributed by atoms with E-state index in [4.69, 9.17) is 14.2 Å². The number of nitrogens with one attached hydrogen (secondary N) is 2. The van der Waals surface area contributed by atoms with Crippen molar-refractivity contribution in [2.45, 2.75) is 63.6 Å². The normalized spacial score (nSPS) is 16.0. The maximum atomic E-state index is 13.8. The Morgan fingerprint density at radius 3 is 2.35 bits per heavy atom. The van der Waals surface area contributed by atoms with Gasteiger partial charge in [0, 0.05) is 43.8 Å². The number of anilines is 2. The van der Waals surface area contributed by atoms with Crippen LogP contribution in [0.4, 0.5) is 20.6 Å². The smallest absolute Gasteiger partial charge is 0.410 e. The summed E-state index contributed by atoms with van der Waals surface area (Å²) >= 11 is 0. The van der Waals surface area contributed by atoms with Crippen LogP contribution in [0.3, 0.4) is 0 Å². The number of likely N-dealkylation sites (tertiary alicyclic amines) is 1. The zero-order valence-electron chi connectivity index (χ0n) is 23.3. The van der Waals surface area contributed by atoms with Gasteiger partial charge in [0.25, 0.3) is 15.6 Å². The molecule has 10 nitrogen and oxygen atoms in total. The molecule has 0 spiro atoms. The van der Waals surface area contributed by atoms with E-state index in [2.05, 4.69) is 10.0 Å². The van der Waals surface area contributed by atoms with Crippen molar-refractivity contribution < 1.29 is 36.6 Å². The topological polar surface area (TPSA) is 123 Å². The lowest BCUT2D eigenvalue weighted by Gasteiger charge is -2.32. The number of piperidine rings is 1. The summed E-state index contributed by atoms with van der Waals surface area (Å²) in [7, 11) is -2.21. The minimum atomic E-state index is -4.11. The van der Waals surface area contributed by atoms with E-state index in [0.29, 0.717) is 31.6 Å². The molecule has 2 unspecified atom stereocenters. The van der Waals surface area contributed by atoms with Crippen molar-refractivity contribution in [2.75, 3.05) is 29.7 Å². The van der Waals surface area contributed by atoms with Crippen LogP contribution >= 0.6 is 9.24 Å². The number of rotatable bonds is 9. The monoisotopic (exact) mass is 597 g/mol. The molecular formula is C27H37FN3O7PS. The number of carbonyl (C=O) groups excluding carboxylic acids is 2. The van der Waals surface area contributed by atoms with Crippen LogP contribution in [0.25, 0.3) is 0 Å². The predicted octanol–water partition coefficient (Wildman–Crippen LogP) is 5.37.